The van der Waals surface area contributed by atoms with Gasteiger partial charge < -0.3 is 21.1 Å². The van der Waals surface area contributed by atoms with Gasteiger partial charge in [0.1, 0.15) is 0 Å². The monoisotopic (exact) mass is 248 g/mol. The number of aromatic nitrogens is 2. The van der Waals surface area contributed by atoms with Gasteiger partial charge >= 0.3 is 0 Å². The van der Waals surface area contributed by atoms with Gasteiger partial charge in [-0.2, -0.15) is 0 Å². The average Bonchev–Trinajstić information content (AvgIpc) is 2.68. The summed E-state index contributed by atoms with van der Waals surface area (Å²) >= 11 is 0. The largest absolute Gasteiger partial charge is 0.399 e. The number of H-pyrrole nitrogens is 1. The zero-order valence-electron chi connectivity index (χ0n) is 10.8. The molecule has 1 aromatic carbocycles. The summed E-state index contributed by atoms with van der Waals surface area (Å²) in [5, 5.41) is 13.2. The highest BCUT2D eigenvalue weighted by Crippen LogP contribution is 2.18. The smallest absolute Gasteiger partial charge is 0.201 e. The van der Waals surface area contributed by atoms with Crippen molar-refractivity contribution in [2.45, 2.75) is 32.3 Å². The summed E-state index contributed by atoms with van der Waals surface area (Å²) < 4.78 is 0. The number of hydrogen-bond donors (Lipinski definition) is 4. The summed E-state index contributed by atoms with van der Waals surface area (Å²) in [6.07, 6.45) is 1.71. The van der Waals surface area contributed by atoms with E-state index in [9.17, 15) is 5.11 Å². The number of aliphatic hydroxyl groups is 1. The van der Waals surface area contributed by atoms with Crippen LogP contribution in [0.25, 0.3) is 11.0 Å². The molecule has 0 amide bonds. The molecule has 2 aromatic rings. The summed E-state index contributed by atoms with van der Waals surface area (Å²) in [5.41, 5.74) is 7.46. The van der Waals surface area contributed by atoms with Crippen molar-refractivity contribution in [1.29, 1.82) is 0 Å². The number of anilines is 2. The third kappa shape index (κ3) is 2.92. The minimum Gasteiger partial charge on any atom is -0.399 e. The third-order valence-corrected chi connectivity index (χ3v) is 2.93. The average molecular weight is 248 g/mol. The molecule has 5 N–H and O–H groups in total. The first kappa shape index (κ1) is 12.7. The number of aromatic amines is 1. The molecule has 0 aliphatic carbocycles. The first-order chi connectivity index (χ1) is 8.50. The third-order valence-electron chi connectivity index (χ3n) is 2.93. The SMILES string of the molecule is CCCC(C)(O)CNc1nc2ccc(N)cc2[nH]1. The molecule has 0 radical (unpaired) electrons. The lowest BCUT2D eigenvalue weighted by molar-refractivity contribution is 0.0635. The van der Waals surface area contributed by atoms with Crippen LogP contribution >= 0.6 is 0 Å². The lowest BCUT2D eigenvalue weighted by Crippen LogP contribution is -2.33. The number of nitrogens with zero attached hydrogens (tertiary/aromatic N) is 1. The van der Waals surface area contributed by atoms with Crippen molar-refractivity contribution in [3.05, 3.63) is 18.2 Å². The standard InChI is InChI=1S/C13H20N4O/c1-3-6-13(2,18)8-15-12-16-10-5-4-9(14)7-11(10)17-12/h4-5,7,18H,3,6,8,14H2,1-2H3,(H2,15,16,17). The molecular formula is C13H20N4O. The number of hydrogen-bond acceptors (Lipinski definition) is 4. The van der Waals surface area contributed by atoms with Gasteiger partial charge in [-0.25, -0.2) is 4.98 Å². The Kier molecular flexibility index (Phi) is 3.43. The Morgan fingerprint density at radius 1 is 1.50 bits per heavy atom. The fourth-order valence-electron chi connectivity index (χ4n) is 2.01. The number of nitrogens with two attached hydrogens (primary N) is 1. The first-order valence-electron chi connectivity index (χ1n) is 6.22. The van der Waals surface area contributed by atoms with Crippen LogP contribution < -0.4 is 11.1 Å². The number of nitrogen functional groups attached to an aromatic ring is 1. The van der Waals surface area contributed by atoms with E-state index in [1.807, 2.05) is 25.1 Å². The number of nitrogens with one attached hydrogen (secondary N) is 2. The van der Waals surface area contributed by atoms with E-state index in [4.69, 9.17) is 5.73 Å². The first-order valence-corrected chi connectivity index (χ1v) is 6.22. The van der Waals surface area contributed by atoms with E-state index >= 15 is 0 Å². The maximum Gasteiger partial charge on any atom is 0.201 e. The number of imidazole rings is 1. The molecule has 0 saturated heterocycles. The van der Waals surface area contributed by atoms with Crippen LogP contribution in [0.1, 0.15) is 26.7 Å². The molecule has 0 aliphatic rings. The van der Waals surface area contributed by atoms with Gasteiger partial charge in [0.05, 0.1) is 16.6 Å². The van der Waals surface area contributed by atoms with Crippen LogP contribution in [0, 0.1) is 0 Å². The second-order valence-electron chi connectivity index (χ2n) is 4.96. The molecule has 0 spiro atoms. The lowest BCUT2D eigenvalue weighted by Gasteiger charge is -2.22. The predicted octanol–water partition coefficient (Wildman–Crippen LogP) is 2.11. The van der Waals surface area contributed by atoms with Gasteiger partial charge in [-0.05, 0) is 31.5 Å². The van der Waals surface area contributed by atoms with Crippen LogP contribution in [0.15, 0.2) is 18.2 Å². The van der Waals surface area contributed by atoms with Crippen LogP contribution in [0.4, 0.5) is 11.6 Å². The highest BCUT2D eigenvalue weighted by molar-refractivity contribution is 5.80. The molecule has 0 bridgehead atoms. The molecular weight excluding hydrogens is 228 g/mol. The summed E-state index contributed by atoms with van der Waals surface area (Å²) in [6, 6.07) is 5.54. The molecule has 0 saturated carbocycles. The Hall–Kier alpha value is -1.75. The van der Waals surface area contributed by atoms with Crippen LogP contribution in [0.3, 0.4) is 0 Å². The Morgan fingerprint density at radius 2 is 2.28 bits per heavy atom. The number of fused-ring (bicyclic) bond motifs is 1. The zero-order valence-corrected chi connectivity index (χ0v) is 10.8. The van der Waals surface area contributed by atoms with E-state index in [0.29, 0.717) is 18.2 Å². The molecule has 18 heavy (non-hydrogen) atoms. The molecule has 1 aromatic heterocycles. The lowest BCUT2D eigenvalue weighted by atomic mass is 10.0. The summed E-state index contributed by atoms with van der Waals surface area (Å²) in [4.78, 5) is 7.52. The highest BCUT2D eigenvalue weighted by Gasteiger charge is 2.19. The van der Waals surface area contributed by atoms with Crippen LogP contribution in [0.2, 0.25) is 0 Å². The Bertz CT molecular complexity index is 533. The van der Waals surface area contributed by atoms with Crippen LogP contribution in [-0.4, -0.2) is 27.2 Å². The van der Waals surface area contributed by atoms with Crippen molar-refractivity contribution in [3.63, 3.8) is 0 Å². The minimum absolute atomic E-state index is 0.468. The van der Waals surface area contributed by atoms with Gasteiger partial charge in [0, 0.05) is 12.2 Å². The molecule has 5 heteroatoms. The van der Waals surface area contributed by atoms with Crippen molar-refractivity contribution in [3.8, 4) is 0 Å². The molecule has 1 heterocycles. The fraction of sp³-hybridized carbons (Fsp3) is 0.462. The summed E-state index contributed by atoms with van der Waals surface area (Å²) in [6.45, 7) is 4.35. The van der Waals surface area contributed by atoms with Gasteiger partial charge in [-0.15, -0.1) is 0 Å². The molecule has 1 atom stereocenters. The minimum atomic E-state index is -0.716. The molecule has 5 nitrogen and oxygen atoms in total. The second kappa shape index (κ2) is 4.86. The van der Waals surface area contributed by atoms with Crippen LogP contribution in [0.5, 0.6) is 0 Å². The summed E-state index contributed by atoms with van der Waals surface area (Å²) in [5.74, 6) is 0.659. The second-order valence-corrected chi connectivity index (χ2v) is 4.96. The van der Waals surface area contributed by atoms with E-state index in [1.54, 1.807) is 0 Å². The maximum absolute atomic E-state index is 10.1. The number of rotatable bonds is 5. The Morgan fingerprint density at radius 3 is 3.00 bits per heavy atom. The van der Waals surface area contributed by atoms with E-state index in [-0.39, 0.29) is 0 Å². The topological polar surface area (TPSA) is 87.0 Å². The van der Waals surface area contributed by atoms with Crippen molar-refractivity contribution in [1.82, 2.24) is 9.97 Å². The van der Waals surface area contributed by atoms with Crippen molar-refractivity contribution in [2.75, 3.05) is 17.6 Å². The van der Waals surface area contributed by atoms with Gasteiger partial charge in [-0.1, -0.05) is 13.3 Å². The molecule has 1 unspecified atom stereocenters. The predicted molar refractivity (Wildman–Crippen MR) is 74.5 cm³/mol. The van der Waals surface area contributed by atoms with E-state index < -0.39 is 5.60 Å². The van der Waals surface area contributed by atoms with Gasteiger partial charge in [-0.3, -0.25) is 0 Å². The normalized spacial score (nSPS) is 14.6. The number of benzene rings is 1. The molecule has 98 valence electrons. The maximum atomic E-state index is 10.1. The van der Waals surface area contributed by atoms with Gasteiger partial charge in [0.25, 0.3) is 0 Å². The summed E-state index contributed by atoms with van der Waals surface area (Å²) in [7, 11) is 0. The van der Waals surface area contributed by atoms with Gasteiger partial charge in [0.15, 0.2) is 0 Å². The fourth-order valence-corrected chi connectivity index (χ4v) is 2.01. The van der Waals surface area contributed by atoms with E-state index in [2.05, 4.69) is 22.2 Å². The Balaban J connectivity index is 2.08. The molecule has 0 fully saturated rings. The van der Waals surface area contributed by atoms with Crippen molar-refractivity contribution >= 4 is 22.7 Å². The van der Waals surface area contributed by atoms with Crippen molar-refractivity contribution in [2.24, 2.45) is 0 Å². The molecule has 0 aliphatic heterocycles. The van der Waals surface area contributed by atoms with Crippen molar-refractivity contribution < 1.29 is 5.11 Å². The highest BCUT2D eigenvalue weighted by atomic mass is 16.3. The van der Waals surface area contributed by atoms with E-state index in [1.165, 1.54) is 0 Å². The van der Waals surface area contributed by atoms with Gasteiger partial charge in [0.2, 0.25) is 5.95 Å². The quantitative estimate of drug-likeness (QED) is 0.610. The zero-order chi connectivity index (χ0) is 13.2. The van der Waals surface area contributed by atoms with E-state index in [0.717, 1.165) is 23.9 Å². The van der Waals surface area contributed by atoms with Crippen LogP contribution in [-0.2, 0) is 0 Å². The molecule has 2 rings (SSSR count). The Labute approximate surface area is 106 Å².